The summed E-state index contributed by atoms with van der Waals surface area (Å²) in [5.41, 5.74) is 3.00. The molecule has 1 saturated heterocycles. The number of aromatic hydroxyl groups is 1. The number of phenolic OH excluding ortho intramolecular Hbond substituents is 1. The number of carbonyl (C=O) groups excluding carboxylic acids is 1. The first-order valence-electron chi connectivity index (χ1n) is 14.4. The third kappa shape index (κ3) is 8.89. The molecule has 8 heteroatoms. The smallest absolute Gasteiger partial charge is 0.223 e. The van der Waals surface area contributed by atoms with Gasteiger partial charge in [-0.3, -0.25) is 4.79 Å². The highest BCUT2D eigenvalue weighted by atomic mass is 16.7. The summed E-state index contributed by atoms with van der Waals surface area (Å²) in [5.74, 6) is 0.315. The SMILES string of the molecule is CC(=O)N[C@@H]1[C@@H](Oc2ccc(O)cc2)O[C@H](COCc2ccccc2)[C@@H](OCc2ccccc2)[C@@H]1OCc1ccccc1. The Kier molecular flexibility index (Phi) is 10.8. The normalized spacial score (nSPS) is 21.7. The lowest BCUT2D eigenvalue weighted by Gasteiger charge is -2.46. The van der Waals surface area contributed by atoms with Gasteiger partial charge in [0.15, 0.2) is 0 Å². The van der Waals surface area contributed by atoms with Crippen molar-refractivity contribution in [3.05, 3.63) is 132 Å². The second-order valence-corrected chi connectivity index (χ2v) is 10.4. The van der Waals surface area contributed by atoms with E-state index in [0.29, 0.717) is 19.0 Å². The summed E-state index contributed by atoms with van der Waals surface area (Å²) in [5, 5.41) is 12.8. The van der Waals surface area contributed by atoms with Gasteiger partial charge in [-0.2, -0.15) is 0 Å². The molecule has 0 spiro atoms. The van der Waals surface area contributed by atoms with Crippen molar-refractivity contribution in [1.29, 1.82) is 0 Å². The van der Waals surface area contributed by atoms with E-state index in [-0.39, 0.29) is 24.9 Å². The molecule has 1 aliphatic heterocycles. The van der Waals surface area contributed by atoms with Gasteiger partial charge in [-0.25, -0.2) is 0 Å². The molecule has 0 bridgehead atoms. The molecule has 1 fully saturated rings. The molecule has 5 atom stereocenters. The quantitative estimate of drug-likeness (QED) is 0.218. The summed E-state index contributed by atoms with van der Waals surface area (Å²) >= 11 is 0. The fourth-order valence-electron chi connectivity index (χ4n) is 4.99. The van der Waals surface area contributed by atoms with E-state index in [2.05, 4.69) is 5.32 Å². The van der Waals surface area contributed by atoms with Crippen LogP contribution in [0.3, 0.4) is 0 Å². The molecule has 0 aliphatic carbocycles. The molecule has 4 aromatic carbocycles. The molecule has 43 heavy (non-hydrogen) atoms. The zero-order valence-electron chi connectivity index (χ0n) is 24.1. The van der Waals surface area contributed by atoms with Crippen LogP contribution < -0.4 is 10.1 Å². The van der Waals surface area contributed by atoms with E-state index in [4.69, 9.17) is 23.7 Å². The van der Waals surface area contributed by atoms with Crippen molar-refractivity contribution in [2.24, 2.45) is 0 Å². The van der Waals surface area contributed by atoms with Gasteiger partial charge in [-0.05, 0) is 41.0 Å². The van der Waals surface area contributed by atoms with Crippen molar-refractivity contribution in [1.82, 2.24) is 5.32 Å². The fraction of sp³-hybridized carbons (Fsp3) is 0.286. The number of benzene rings is 4. The number of carbonyl (C=O) groups is 1. The van der Waals surface area contributed by atoms with Crippen LogP contribution in [0.5, 0.6) is 11.5 Å². The largest absolute Gasteiger partial charge is 0.508 e. The number of rotatable bonds is 13. The summed E-state index contributed by atoms with van der Waals surface area (Å²) in [6.45, 7) is 2.63. The standard InChI is InChI=1S/C35H37NO7/c1-25(37)36-32-34(41-23-28-15-9-4-10-16-28)33(40-22-27-13-7-3-8-14-27)31(24-39-21-26-11-5-2-6-12-26)43-35(32)42-30-19-17-29(38)18-20-30/h2-20,31-35,38H,21-24H2,1H3,(H,36,37)/t31-,32+,33-,34-,35+/m1/s1. The van der Waals surface area contributed by atoms with Crippen molar-refractivity contribution in [3.8, 4) is 11.5 Å². The molecule has 0 saturated carbocycles. The lowest BCUT2D eigenvalue weighted by Crippen LogP contribution is -2.66. The van der Waals surface area contributed by atoms with E-state index in [9.17, 15) is 9.90 Å². The Bertz CT molecular complexity index is 1390. The molecule has 1 amide bonds. The third-order valence-electron chi connectivity index (χ3n) is 7.07. The van der Waals surface area contributed by atoms with Crippen LogP contribution >= 0.6 is 0 Å². The summed E-state index contributed by atoms with van der Waals surface area (Å²) in [4.78, 5) is 12.5. The predicted octanol–water partition coefficient (Wildman–Crippen LogP) is 5.39. The molecule has 0 radical (unpaired) electrons. The van der Waals surface area contributed by atoms with Gasteiger partial charge < -0.3 is 34.1 Å². The Morgan fingerprint density at radius 2 is 1.23 bits per heavy atom. The molecule has 224 valence electrons. The van der Waals surface area contributed by atoms with Gasteiger partial charge in [-0.15, -0.1) is 0 Å². The Morgan fingerprint density at radius 1 is 0.721 bits per heavy atom. The zero-order valence-corrected chi connectivity index (χ0v) is 24.1. The summed E-state index contributed by atoms with van der Waals surface area (Å²) < 4.78 is 32.1. The maximum absolute atomic E-state index is 12.5. The van der Waals surface area contributed by atoms with E-state index in [0.717, 1.165) is 16.7 Å². The van der Waals surface area contributed by atoms with Gasteiger partial charge in [0, 0.05) is 6.92 Å². The van der Waals surface area contributed by atoms with Crippen LogP contribution in [0, 0.1) is 0 Å². The maximum atomic E-state index is 12.5. The summed E-state index contributed by atoms with van der Waals surface area (Å²) in [6, 6.07) is 35.2. The highest BCUT2D eigenvalue weighted by Gasteiger charge is 2.49. The molecule has 5 rings (SSSR count). The zero-order chi connectivity index (χ0) is 29.9. The highest BCUT2D eigenvalue weighted by molar-refractivity contribution is 5.73. The predicted molar refractivity (Wildman–Crippen MR) is 161 cm³/mol. The second-order valence-electron chi connectivity index (χ2n) is 10.4. The van der Waals surface area contributed by atoms with Gasteiger partial charge in [0.25, 0.3) is 0 Å². The lowest BCUT2D eigenvalue weighted by atomic mass is 9.95. The van der Waals surface area contributed by atoms with Gasteiger partial charge >= 0.3 is 0 Å². The topological polar surface area (TPSA) is 95.5 Å². The number of phenols is 1. The van der Waals surface area contributed by atoms with Crippen LogP contribution in [0.25, 0.3) is 0 Å². The lowest BCUT2D eigenvalue weighted by molar-refractivity contribution is -0.270. The fourth-order valence-corrected chi connectivity index (χ4v) is 4.99. The van der Waals surface area contributed by atoms with Crippen molar-refractivity contribution >= 4 is 5.91 Å². The Hall–Kier alpha value is -4.21. The van der Waals surface area contributed by atoms with Crippen molar-refractivity contribution in [2.75, 3.05) is 6.61 Å². The van der Waals surface area contributed by atoms with Crippen molar-refractivity contribution in [2.45, 2.75) is 57.4 Å². The van der Waals surface area contributed by atoms with Gasteiger partial charge in [0.1, 0.15) is 35.9 Å². The van der Waals surface area contributed by atoms with E-state index in [1.807, 2.05) is 91.0 Å². The van der Waals surface area contributed by atoms with E-state index in [1.165, 1.54) is 19.1 Å². The Balaban J connectivity index is 1.44. The van der Waals surface area contributed by atoms with Crippen LogP contribution in [-0.2, 0) is 43.6 Å². The first kappa shape index (κ1) is 30.3. The van der Waals surface area contributed by atoms with Crippen LogP contribution in [0.15, 0.2) is 115 Å². The molecule has 8 nitrogen and oxygen atoms in total. The van der Waals surface area contributed by atoms with Gasteiger partial charge in [0.05, 0.1) is 26.4 Å². The highest BCUT2D eigenvalue weighted by Crippen LogP contribution is 2.31. The average molecular weight is 584 g/mol. The molecule has 4 aromatic rings. The Labute approximate surface area is 252 Å². The van der Waals surface area contributed by atoms with E-state index >= 15 is 0 Å². The van der Waals surface area contributed by atoms with Gasteiger partial charge in [-0.1, -0.05) is 91.0 Å². The van der Waals surface area contributed by atoms with Crippen LogP contribution in [-0.4, -0.2) is 48.3 Å². The molecule has 0 aromatic heterocycles. The summed E-state index contributed by atoms with van der Waals surface area (Å²) in [7, 11) is 0. The van der Waals surface area contributed by atoms with Crippen LogP contribution in [0.1, 0.15) is 23.6 Å². The maximum Gasteiger partial charge on any atom is 0.223 e. The number of ether oxygens (including phenoxy) is 5. The molecule has 1 aliphatic rings. The molecular formula is C35H37NO7. The first-order chi connectivity index (χ1) is 21.0. The summed E-state index contributed by atoms with van der Waals surface area (Å²) in [6.07, 6.45) is -2.80. The number of hydrogen-bond donors (Lipinski definition) is 2. The molecule has 0 unspecified atom stereocenters. The van der Waals surface area contributed by atoms with Crippen molar-refractivity contribution < 1.29 is 33.6 Å². The van der Waals surface area contributed by atoms with Gasteiger partial charge in [0.2, 0.25) is 12.2 Å². The minimum Gasteiger partial charge on any atom is -0.508 e. The molecular weight excluding hydrogens is 546 g/mol. The monoisotopic (exact) mass is 583 g/mol. The Morgan fingerprint density at radius 3 is 1.77 bits per heavy atom. The average Bonchev–Trinajstić information content (AvgIpc) is 3.03. The third-order valence-corrected chi connectivity index (χ3v) is 7.07. The number of hydrogen-bond acceptors (Lipinski definition) is 7. The minimum absolute atomic E-state index is 0.112. The van der Waals surface area contributed by atoms with Crippen molar-refractivity contribution in [3.63, 3.8) is 0 Å². The van der Waals surface area contributed by atoms with E-state index < -0.39 is 30.6 Å². The van der Waals surface area contributed by atoms with E-state index in [1.54, 1.807) is 12.1 Å². The minimum atomic E-state index is -0.934. The van der Waals surface area contributed by atoms with Crippen LogP contribution in [0.2, 0.25) is 0 Å². The van der Waals surface area contributed by atoms with Crippen LogP contribution in [0.4, 0.5) is 0 Å². The molecule has 2 N–H and O–H groups in total. The number of nitrogens with one attached hydrogen (secondary N) is 1. The number of amides is 1. The first-order valence-corrected chi connectivity index (χ1v) is 14.4. The second kappa shape index (κ2) is 15.3. The molecule has 1 heterocycles.